The molecule has 0 fully saturated rings. The molecule has 0 aliphatic rings. The normalized spacial score (nSPS) is 11.3. The summed E-state index contributed by atoms with van der Waals surface area (Å²) >= 11 is 0. The van der Waals surface area contributed by atoms with Gasteiger partial charge < -0.3 is 14.8 Å². The molecular formula is C29H39N3O6. The van der Waals surface area contributed by atoms with E-state index in [9.17, 15) is 19.2 Å². The van der Waals surface area contributed by atoms with E-state index in [0.717, 1.165) is 0 Å². The van der Waals surface area contributed by atoms with Crippen molar-refractivity contribution in [2.45, 2.75) is 59.9 Å². The van der Waals surface area contributed by atoms with Crippen LogP contribution >= 0.6 is 0 Å². The molecule has 2 aromatic rings. The Bertz CT molecular complexity index is 1040. The molecule has 0 saturated carbocycles. The average Bonchev–Trinajstić information content (AvgIpc) is 2.92. The minimum atomic E-state index is -0.488. The number of ketones is 3. The standard InChI is InChI=1S/C29H39N3O6/c1-6-26(33)22-8-9-24(30-16-22)21-7-10-25(31-15-21)29(36)32-23(17-37-13-11-27(34)19(2)3)18-38-14-12-28(35)20(4)5/h7-10,15-16,19-20,23H,6,11-14,17-18H2,1-5H3,(H,32,36). The number of rotatable bonds is 17. The zero-order valence-electron chi connectivity index (χ0n) is 23.0. The predicted molar refractivity (Wildman–Crippen MR) is 144 cm³/mol. The molecule has 0 aromatic carbocycles. The second kappa shape index (κ2) is 15.8. The Morgan fingerprint density at radius 1 is 0.816 bits per heavy atom. The van der Waals surface area contributed by atoms with Crippen molar-refractivity contribution in [3.8, 4) is 11.3 Å². The lowest BCUT2D eigenvalue weighted by atomic mass is 10.1. The number of Topliss-reactive ketones (excluding diaryl/α,β-unsaturated/α-hetero) is 3. The second-order valence-corrected chi connectivity index (χ2v) is 9.70. The highest BCUT2D eigenvalue weighted by Gasteiger charge is 2.17. The third kappa shape index (κ3) is 10.2. The summed E-state index contributed by atoms with van der Waals surface area (Å²) in [4.78, 5) is 56.9. The molecule has 9 nitrogen and oxygen atoms in total. The smallest absolute Gasteiger partial charge is 0.270 e. The zero-order chi connectivity index (χ0) is 28.1. The van der Waals surface area contributed by atoms with Gasteiger partial charge in [-0.05, 0) is 24.3 Å². The molecule has 0 spiro atoms. The summed E-state index contributed by atoms with van der Waals surface area (Å²) < 4.78 is 11.3. The largest absolute Gasteiger partial charge is 0.379 e. The number of carbonyl (C=O) groups is 4. The van der Waals surface area contributed by atoms with E-state index in [-0.39, 0.29) is 61.3 Å². The maximum Gasteiger partial charge on any atom is 0.270 e. The molecule has 0 atom stereocenters. The molecule has 2 aromatic heterocycles. The first-order chi connectivity index (χ1) is 18.1. The van der Waals surface area contributed by atoms with Gasteiger partial charge in [0.1, 0.15) is 17.3 Å². The lowest BCUT2D eigenvalue weighted by molar-refractivity contribution is -0.123. The van der Waals surface area contributed by atoms with Gasteiger partial charge in [0, 0.05) is 54.6 Å². The highest BCUT2D eigenvalue weighted by atomic mass is 16.5. The van der Waals surface area contributed by atoms with Crippen molar-refractivity contribution in [2.24, 2.45) is 11.8 Å². The van der Waals surface area contributed by atoms with Crippen LogP contribution in [0.25, 0.3) is 11.3 Å². The van der Waals surface area contributed by atoms with Crippen molar-refractivity contribution in [2.75, 3.05) is 26.4 Å². The summed E-state index contributed by atoms with van der Waals surface area (Å²) in [7, 11) is 0. The van der Waals surface area contributed by atoms with E-state index in [1.165, 1.54) is 6.20 Å². The van der Waals surface area contributed by atoms with Gasteiger partial charge in [-0.3, -0.25) is 29.1 Å². The zero-order valence-corrected chi connectivity index (χ0v) is 23.0. The van der Waals surface area contributed by atoms with Gasteiger partial charge in [0.05, 0.1) is 38.2 Å². The molecule has 9 heteroatoms. The topological polar surface area (TPSA) is 125 Å². The monoisotopic (exact) mass is 525 g/mol. The first-order valence-electron chi connectivity index (χ1n) is 13.1. The Morgan fingerprint density at radius 2 is 1.42 bits per heavy atom. The number of pyridine rings is 2. The van der Waals surface area contributed by atoms with Crippen LogP contribution in [-0.2, 0) is 19.1 Å². The van der Waals surface area contributed by atoms with E-state index in [0.29, 0.717) is 36.1 Å². The van der Waals surface area contributed by atoms with E-state index < -0.39 is 11.9 Å². The molecule has 0 unspecified atom stereocenters. The van der Waals surface area contributed by atoms with Crippen LogP contribution in [0.4, 0.5) is 0 Å². The number of ether oxygens (including phenoxy) is 2. The first kappa shape index (κ1) is 30.9. The third-order valence-corrected chi connectivity index (χ3v) is 5.95. The Morgan fingerprint density at radius 3 is 1.87 bits per heavy atom. The maximum atomic E-state index is 12.9. The molecule has 1 amide bonds. The van der Waals surface area contributed by atoms with Crippen LogP contribution in [0.2, 0.25) is 0 Å². The molecule has 206 valence electrons. The van der Waals surface area contributed by atoms with Gasteiger partial charge in [-0.25, -0.2) is 0 Å². The molecule has 38 heavy (non-hydrogen) atoms. The minimum absolute atomic E-state index is 0.0229. The molecule has 1 N–H and O–H groups in total. The SMILES string of the molecule is CCC(=O)c1ccc(-c2ccc(C(=O)NC(COCCC(=O)C(C)C)COCCC(=O)C(C)C)nc2)nc1. The van der Waals surface area contributed by atoms with Gasteiger partial charge >= 0.3 is 0 Å². The second-order valence-electron chi connectivity index (χ2n) is 9.70. The summed E-state index contributed by atoms with van der Waals surface area (Å²) in [5, 5.41) is 2.87. The summed E-state index contributed by atoms with van der Waals surface area (Å²) in [5.74, 6) is -0.274. The summed E-state index contributed by atoms with van der Waals surface area (Å²) in [6.45, 7) is 9.97. The fourth-order valence-corrected chi connectivity index (χ4v) is 3.38. The number of hydrogen-bond donors (Lipinski definition) is 1. The number of amides is 1. The van der Waals surface area contributed by atoms with Crippen molar-refractivity contribution in [1.29, 1.82) is 0 Å². The van der Waals surface area contributed by atoms with Gasteiger partial charge in [0.2, 0.25) is 0 Å². The molecule has 0 aliphatic heterocycles. The van der Waals surface area contributed by atoms with E-state index in [1.807, 2.05) is 27.7 Å². The summed E-state index contributed by atoms with van der Waals surface area (Å²) in [5.41, 5.74) is 2.12. The Hall–Kier alpha value is -3.30. The van der Waals surface area contributed by atoms with Gasteiger partial charge in [0.25, 0.3) is 5.91 Å². The third-order valence-electron chi connectivity index (χ3n) is 5.95. The average molecular weight is 526 g/mol. The summed E-state index contributed by atoms with van der Waals surface area (Å²) in [6, 6.07) is 6.32. The number of nitrogens with one attached hydrogen (secondary N) is 1. The van der Waals surface area contributed by atoms with Crippen molar-refractivity contribution in [3.63, 3.8) is 0 Å². The minimum Gasteiger partial charge on any atom is -0.379 e. The van der Waals surface area contributed by atoms with E-state index >= 15 is 0 Å². The van der Waals surface area contributed by atoms with Crippen LogP contribution in [0.5, 0.6) is 0 Å². The molecule has 0 saturated heterocycles. The van der Waals surface area contributed by atoms with Crippen LogP contribution in [0.1, 0.15) is 74.7 Å². The molecule has 0 bridgehead atoms. The highest BCUT2D eigenvalue weighted by molar-refractivity contribution is 5.96. The molecule has 2 rings (SSSR count). The van der Waals surface area contributed by atoms with E-state index in [4.69, 9.17) is 9.47 Å². The van der Waals surface area contributed by atoms with Gasteiger partial charge in [-0.2, -0.15) is 0 Å². The Kier molecular flexibility index (Phi) is 12.9. The summed E-state index contributed by atoms with van der Waals surface area (Å²) in [6.07, 6.45) is 4.10. The number of aromatic nitrogens is 2. The van der Waals surface area contributed by atoms with E-state index in [1.54, 1.807) is 37.4 Å². The Labute approximate surface area is 224 Å². The molecule has 0 aliphatic carbocycles. The molecule has 0 radical (unpaired) electrons. The van der Waals surface area contributed by atoms with Crippen LogP contribution < -0.4 is 5.32 Å². The van der Waals surface area contributed by atoms with Crippen LogP contribution in [0.3, 0.4) is 0 Å². The lowest BCUT2D eigenvalue weighted by Crippen LogP contribution is -2.42. The van der Waals surface area contributed by atoms with Crippen molar-refractivity contribution in [3.05, 3.63) is 47.9 Å². The van der Waals surface area contributed by atoms with Crippen molar-refractivity contribution in [1.82, 2.24) is 15.3 Å². The molecular weight excluding hydrogens is 486 g/mol. The van der Waals surface area contributed by atoms with Gasteiger partial charge in [-0.15, -0.1) is 0 Å². The number of carbonyl (C=O) groups excluding carboxylic acids is 4. The predicted octanol–water partition coefficient (Wildman–Crippen LogP) is 4.10. The van der Waals surface area contributed by atoms with Gasteiger partial charge in [-0.1, -0.05) is 34.6 Å². The fraction of sp³-hybridized carbons (Fsp3) is 0.517. The molecule has 2 heterocycles. The van der Waals surface area contributed by atoms with Crippen molar-refractivity contribution >= 4 is 23.3 Å². The van der Waals surface area contributed by atoms with Crippen LogP contribution in [-0.4, -0.2) is 65.7 Å². The maximum absolute atomic E-state index is 12.9. The highest BCUT2D eigenvalue weighted by Crippen LogP contribution is 2.17. The van der Waals surface area contributed by atoms with Gasteiger partial charge in [0.15, 0.2) is 5.78 Å². The Balaban J connectivity index is 1.98. The lowest BCUT2D eigenvalue weighted by Gasteiger charge is -2.19. The van der Waals surface area contributed by atoms with Crippen molar-refractivity contribution < 1.29 is 28.7 Å². The number of nitrogens with zero attached hydrogens (tertiary/aromatic N) is 2. The number of hydrogen-bond acceptors (Lipinski definition) is 8. The van der Waals surface area contributed by atoms with Crippen LogP contribution in [0, 0.1) is 11.8 Å². The fourth-order valence-electron chi connectivity index (χ4n) is 3.38. The van der Waals surface area contributed by atoms with Crippen LogP contribution in [0.15, 0.2) is 36.7 Å². The van der Waals surface area contributed by atoms with E-state index in [2.05, 4.69) is 15.3 Å². The first-order valence-corrected chi connectivity index (χ1v) is 13.1. The quantitative estimate of drug-likeness (QED) is 0.242.